The molecule has 3 heteroatoms. The molecule has 0 unspecified atom stereocenters. The van der Waals surface area contributed by atoms with Crippen molar-refractivity contribution in [1.82, 2.24) is 0 Å². The van der Waals surface area contributed by atoms with Crippen LogP contribution in [-0.2, 0) is 16.5 Å². The molecule has 1 aliphatic carbocycles. The molecule has 0 aliphatic heterocycles. The third-order valence-corrected chi connectivity index (χ3v) is 0.556. The van der Waals surface area contributed by atoms with E-state index in [1.54, 1.807) is 0 Å². The number of hydrogen-bond acceptors (Lipinski definition) is 0. The van der Waals surface area contributed by atoms with Crippen molar-refractivity contribution in [2.24, 2.45) is 0 Å². The zero-order valence-electron chi connectivity index (χ0n) is 4.05. The standard InChI is InChI=1S/C5H5.2ClH.W/c1-2-4-5-3-1;;;/h1-5H;2*1H;/q;;;+2/p-2. The molecule has 0 spiro atoms. The first-order valence-electron chi connectivity index (χ1n) is 1.98. The second-order valence-electron chi connectivity index (χ2n) is 1.02. The van der Waals surface area contributed by atoms with Gasteiger partial charge >= 0.3 is 35.3 Å². The van der Waals surface area contributed by atoms with Crippen LogP contribution in [0.5, 0.6) is 0 Å². The van der Waals surface area contributed by atoms with E-state index in [9.17, 15) is 0 Å². The molecule has 0 heterocycles. The molecular formula is C5H5Cl2W. The van der Waals surface area contributed by atoms with Gasteiger partial charge in [0.2, 0.25) is 0 Å². The van der Waals surface area contributed by atoms with Crippen LogP contribution in [0.15, 0.2) is 24.3 Å². The molecule has 0 aromatic carbocycles. The quantitative estimate of drug-likeness (QED) is 0.644. The van der Waals surface area contributed by atoms with Gasteiger partial charge in [0.15, 0.2) is 0 Å². The van der Waals surface area contributed by atoms with Crippen LogP contribution in [0.1, 0.15) is 0 Å². The second-order valence-corrected chi connectivity index (χ2v) is 5.26. The summed E-state index contributed by atoms with van der Waals surface area (Å²) >= 11 is -0.806. The van der Waals surface area contributed by atoms with Gasteiger partial charge in [0, 0.05) is 6.42 Å². The Hall–Kier alpha value is 0.748. The molecule has 0 saturated heterocycles. The first-order chi connectivity index (χ1) is 3.91. The van der Waals surface area contributed by atoms with E-state index < -0.39 is 16.5 Å². The maximum absolute atomic E-state index is 4.93. The van der Waals surface area contributed by atoms with E-state index in [4.69, 9.17) is 18.8 Å². The van der Waals surface area contributed by atoms with Crippen molar-refractivity contribution in [2.75, 3.05) is 0 Å². The summed E-state index contributed by atoms with van der Waals surface area (Å²) in [6.45, 7) is 0. The van der Waals surface area contributed by atoms with E-state index >= 15 is 0 Å². The third-order valence-electron chi connectivity index (χ3n) is 0.556. The number of halogens is 2. The van der Waals surface area contributed by atoms with Crippen LogP contribution >= 0.6 is 18.8 Å². The topological polar surface area (TPSA) is 0 Å². The van der Waals surface area contributed by atoms with Crippen molar-refractivity contribution in [3.8, 4) is 0 Å². The van der Waals surface area contributed by atoms with Gasteiger partial charge in [-0.25, -0.2) is 0 Å². The van der Waals surface area contributed by atoms with E-state index in [-0.39, 0.29) is 0 Å². The molecule has 45 valence electrons. The second kappa shape index (κ2) is 7.75. The molecule has 0 aromatic rings. The summed E-state index contributed by atoms with van der Waals surface area (Å²) in [7, 11) is 9.86. The van der Waals surface area contributed by atoms with E-state index in [1.165, 1.54) is 0 Å². The molecule has 0 saturated carbocycles. The third kappa shape index (κ3) is 6.75. The van der Waals surface area contributed by atoms with Crippen molar-refractivity contribution in [2.45, 2.75) is 0 Å². The van der Waals surface area contributed by atoms with Gasteiger partial charge in [-0.3, -0.25) is 0 Å². The zero-order chi connectivity index (χ0) is 6.24. The summed E-state index contributed by atoms with van der Waals surface area (Å²) < 4.78 is 0. The van der Waals surface area contributed by atoms with Gasteiger partial charge in [0.25, 0.3) is 0 Å². The van der Waals surface area contributed by atoms with Crippen LogP contribution in [0, 0.1) is 6.42 Å². The van der Waals surface area contributed by atoms with Crippen molar-refractivity contribution in [3.05, 3.63) is 30.7 Å². The molecule has 0 aromatic heterocycles. The Morgan fingerprint density at radius 2 is 1.25 bits per heavy atom. The molecule has 0 nitrogen and oxygen atoms in total. The fourth-order valence-corrected chi connectivity index (χ4v) is 0.321. The summed E-state index contributed by atoms with van der Waals surface area (Å²) in [5.74, 6) is 0. The maximum atomic E-state index is 4.93. The molecule has 1 radical (unpaired) electrons. The predicted octanol–water partition coefficient (Wildman–Crippen LogP) is 2.69. The van der Waals surface area contributed by atoms with Crippen molar-refractivity contribution >= 4 is 18.8 Å². The van der Waals surface area contributed by atoms with Crippen LogP contribution in [0.25, 0.3) is 0 Å². The van der Waals surface area contributed by atoms with Gasteiger partial charge in [0.1, 0.15) is 0 Å². The summed E-state index contributed by atoms with van der Waals surface area (Å²) in [6, 6.07) is 0. The first kappa shape index (κ1) is 8.75. The molecule has 1 rings (SSSR count). The number of allylic oxidation sites excluding steroid dienone is 4. The van der Waals surface area contributed by atoms with Crippen LogP contribution in [-0.4, -0.2) is 0 Å². The van der Waals surface area contributed by atoms with Gasteiger partial charge in [-0.05, 0) is 0 Å². The molecule has 0 fully saturated rings. The molecule has 0 atom stereocenters. The Balaban J connectivity index is 0.000000145. The first-order valence-corrected chi connectivity index (χ1v) is 9.24. The average Bonchev–Trinajstić information content (AvgIpc) is 2.17. The fourth-order valence-electron chi connectivity index (χ4n) is 0.321. The zero-order valence-corrected chi connectivity index (χ0v) is 8.50. The van der Waals surface area contributed by atoms with Crippen LogP contribution < -0.4 is 0 Å². The fraction of sp³-hybridized carbons (Fsp3) is 0. The van der Waals surface area contributed by atoms with E-state index in [0.717, 1.165) is 0 Å². The summed E-state index contributed by atoms with van der Waals surface area (Å²) in [6.07, 6.45) is 10.0. The van der Waals surface area contributed by atoms with Crippen LogP contribution in [0.2, 0.25) is 0 Å². The van der Waals surface area contributed by atoms with Crippen molar-refractivity contribution in [3.63, 3.8) is 0 Å². The number of hydrogen-bond donors (Lipinski definition) is 0. The Morgan fingerprint density at radius 1 is 0.875 bits per heavy atom. The van der Waals surface area contributed by atoms with Gasteiger partial charge in [0.05, 0.1) is 0 Å². The van der Waals surface area contributed by atoms with E-state index in [0.29, 0.717) is 0 Å². The minimum absolute atomic E-state index is 0.806. The molecule has 8 heavy (non-hydrogen) atoms. The molecule has 0 amide bonds. The van der Waals surface area contributed by atoms with Crippen molar-refractivity contribution < 1.29 is 16.5 Å². The molecule has 1 aliphatic rings. The summed E-state index contributed by atoms with van der Waals surface area (Å²) in [4.78, 5) is 0. The van der Waals surface area contributed by atoms with Gasteiger partial charge < -0.3 is 0 Å². The summed E-state index contributed by atoms with van der Waals surface area (Å²) in [5.41, 5.74) is 0. The Kier molecular flexibility index (Phi) is 8.47. The monoisotopic (exact) mass is 319 g/mol. The molecule has 0 bridgehead atoms. The van der Waals surface area contributed by atoms with Gasteiger partial charge in [-0.2, -0.15) is 0 Å². The Morgan fingerprint density at radius 3 is 1.38 bits per heavy atom. The van der Waals surface area contributed by atoms with Crippen molar-refractivity contribution in [1.29, 1.82) is 0 Å². The SMILES string of the molecule is [CH]1C=CC=C1.[Cl][W][Cl]. The number of rotatable bonds is 0. The van der Waals surface area contributed by atoms with E-state index in [1.807, 2.05) is 30.7 Å². The molecule has 0 N–H and O–H groups in total. The van der Waals surface area contributed by atoms with Crippen LogP contribution in [0.3, 0.4) is 0 Å². The Labute approximate surface area is 65.9 Å². The predicted molar refractivity (Wildman–Crippen MR) is 34.3 cm³/mol. The molecular weight excluding hydrogens is 315 g/mol. The average molecular weight is 320 g/mol. The minimum atomic E-state index is -0.806. The summed E-state index contributed by atoms with van der Waals surface area (Å²) in [5, 5.41) is 0. The normalized spacial score (nSPS) is 13.2. The van der Waals surface area contributed by atoms with Crippen LogP contribution in [0.4, 0.5) is 0 Å². The Bertz CT molecular complexity index is 78.4. The van der Waals surface area contributed by atoms with E-state index in [2.05, 4.69) is 0 Å². The van der Waals surface area contributed by atoms with Gasteiger partial charge in [-0.15, -0.1) is 0 Å². The van der Waals surface area contributed by atoms with Gasteiger partial charge in [-0.1, -0.05) is 24.3 Å².